The maximum Gasteiger partial charge on any atom is 0.126 e. The van der Waals surface area contributed by atoms with Gasteiger partial charge in [0.15, 0.2) is 0 Å². The second-order valence-corrected chi connectivity index (χ2v) is 4.74. The molecule has 0 radical (unpaired) electrons. The fourth-order valence-electron chi connectivity index (χ4n) is 2.09. The van der Waals surface area contributed by atoms with Gasteiger partial charge in [-0.1, -0.05) is 32.0 Å². The van der Waals surface area contributed by atoms with E-state index in [1.807, 2.05) is 19.2 Å². The zero-order chi connectivity index (χ0) is 12.0. The molecular formula is C14H22FN. The highest BCUT2D eigenvalue weighted by Gasteiger charge is 2.16. The molecule has 0 amide bonds. The quantitative estimate of drug-likeness (QED) is 0.777. The predicted octanol–water partition coefficient (Wildman–Crippen LogP) is 3.56. The molecule has 0 aliphatic heterocycles. The van der Waals surface area contributed by atoms with Crippen LogP contribution in [0.2, 0.25) is 0 Å². The molecule has 0 aromatic heterocycles. The highest BCUT2D eigenvalue weighted by Crippen LogP contribution is 2.28. The fourth-order valence-corrected chi connectivity index (χ4v) is 2.09. The first-order valence-corrected chi connectivity index (χ1v) is 6.04. The van der Waals surface area contributed by atoms with E-state index >= 15 is 0 Å². The summed E-state index contributed by atoms with van der Waals surface area (Å²) in [5.74, 6) is 0.861. The van der Waals surface area contributed by atoms with Crippen LogP contribution in [0.3, 0.4) is 0 Å². The van der Waals surface area contributed by atoms with Crippen LogP contribution in [0, 0.1) is 11.7 Å². The molecule has 2 heteroatoms. The third kappa shape index (κ3) is 3.93. The molecule has 1 unspecified atom stereocenters. The van der Waals surface area contributed by atoms with Gasteiger partial charge in [0.2, 0.25) is 0 Å². The lowest BCUT2D eigenvalue weighted by Crippen LogP contribution is -2.14. The first kappa shape index (κ1) is 13.2. The molecule has 0 saturated heterocycles. The summed E-state index contributed by atoms with van der Waals surface area (Å²) in [5, 5.41) is 3.14. The number of nitrogens with one attached hydrogen (secondary N) is 1. The van der Waals surface area contributed by atoms with Crippen LogP contribution in [-0.2, 0) is 0 Å². The fraction of sp³-hybridized carbons (Fsp3) is 0.571. The third-order valence-electron chi connectivity index (χ3n) is 2.84. The Kier molecular flexibility index (Phi) is 5.47. The smallest absolute Gasteiger partial charge is 0.126 e. The number of halogens is 1. The molecule has 1 rings (SSSR count). The van der Waals surface area contributed by atoms with E-state index in [-0.39, 0.29) is 5.82 Å². The highest BCUT2D eigenvalue weighted by atomic mass is 19.1. The van der Waals surface area contributed by atoms with E-state index in [2.05, 4.69) is 19.2 Å². The third-order valence-corrected chi connectivity index (χ3v) is 2.84. The molecule has 1 nitrogen and oxygen atoms in total. The molecule has 0 aliphatic rings. The van der Waals surface area contributed by atoms with Crippen molar-refractivity contribution in [3.8, 4) is 0 Å². The van der Waals surface area contributed by atoms with Gasteiger partial charge in [-0.25, -0.2) is 4.39 Å². The van der Waals surface area contributed by atoms with E-state index < -0.39 is 0 Å². The van der Waals surface area contributed by atoms with Gasteiger partial charge in [0.05, 0.1) is 0 Å². The Hall–Kier alpha value is -0.890. The van der Waals surface area contributed by atoms with Crippen molar-refractivity contribution in [3.63, 3.8) is 0 Å². The van der Waals surface area contributed by atoms with Crippen LogP contribution in [0.15, 0.2) is 24.3 Å². The second-order valence-electron chi connectivity index (χ2n) is 4.74. The van der Waals surface area contributed by atoms with Gasteiger partial charge in [0.1, 0.15) is 5.82 Å². The van der Waals surface area contributed by atoms with Crippen molar-refractivity contribution < 1.29 is 4.39 Å². The predicted molar refractivity (Wildman–Crippen MR) is 67.1 cm³/mol. The van der Waals surface area contributed by atoms with E-state index in [4.69, 9.17) is 0 Å². The lowest BCUT2D eigenvalue weighted by molar-refractivity contribution is 0.453. The average molecular weight is 223 g/mol. The largest absolute Gasteiger partial charge is 0.320 e. The van der Waals surface area contributed by atoms with Gasteiger partial charge in [0, 0.05) is 0 Å². The average Bonchev–Trinajstić information content (AvgIpc) is 2.24. The zero-order valence-corrected chi connectivity index (χ0v) is 10.5. The normalized spacial score (nSPS) is 13.1. The summed E-state index contributed by atoms with van der Waals surface area (Å²) in [6.45, 7) is 5.31. The Labute approximate surface area is 98.1 Å². The van der Waals surface area contributed by atoms with Gasteiger partial charge in [0.25, 0.3) is 0 Å². The van der Waals surface area contributed by atoms with Gasteiger partial charge < -0.3 is 5.32 Å². The van der Waals surface area contributed by atoms with Gasteiger partial charge >= 0.3 is 0 Å². The number of hydrogen-bond acceptors (Lipinski definition) is 1. The topological polar surface area (TPSA) is 12.0 Å². The van der Waals surface area contributed by atoms with Crippen molar-refractivity contribution in [3.05, 3.63) is 35.6 Å². The number of benzene rings is 1. The van der Waals surface area contributed by atoms with Gasteiger partial charge in [-0.2, -0.15) is 0 Å². The molecule has 0 aliphatic carbocycles. The van der Waals surface area contributed by atoms with Crippen molar-refractivity contribution in [2.45, 2.75) is 32.6 Å². The van der Waals surface area contributed by atoms with Crippen molar-refractivity contribution in [1.29, 1.82) is 0 Å². The first-order valence-electron chi connectivity index (χ1n) is 6.04. The van der Waals surface area contributed by atoms with Crippen LogP contribution < -0.4 is 5.32 Å². The van der Waals surface area contributed by atoms with Crippen LogP contribution in [0.25, 0.3) is 0 Å². The second kappa shape index (κ2) is 6.64. The minimum atomic E-state index is -0.0655. The SMILES string of the molecule is CNCCC(CC(C)C)c1ccccc1F. The zero-order valence-electron chi connectivity index (χ0n) is 10.5. The molecule has 90 valence electrons. The van der Waals surface area contributed by atoms with Crippen molar-refractivity contribution in [2.24, 2.45) is 5.92 Å². The van der Waals surface area contributed by atoms with E-state index in [0.717, 1.165) is 24.9 Å². The van der Waals surface area contributed by atoms with Crippen LogP contribution >= 0.6 is 0 Å². The van der Waals surface area contributed by atoms with Crippen LogP contribution in [0.4, 0.5) is 4.39 Å². The molecular weight excluding hydrogens is 201 g/mol. The minimum Gasteiger partial charge on any atom is -0.320 e. The van der Waals surface area contributed by atoms with Gasteiger partial charge in [-0.15, -0.1) is 0 Å². The molecule has 1 aromatic rings. The summed E-state index contributed by atoms with van der Waals surface area (Å²) >= 11 is 0. The van der Waals surface area contributed by atoms with Crippen LogP contribution in [-0.4, -0.2) is 13.6 Å². The lowest BCUT2D eigenvalue weighted by Gasteiger charge is -2.20. The molecule has 16 heavy (non-hydrogen) atoms. The van der Waals surface area contributed by atoms with Crippen molar-refractivity contribution in [2.75, 3.05) is 13.6 Å². The van der Waals surface area contributed by atoms with Gasteiger partial charge in [-0.05, 0) is 49.9 Å². The maximum absolute atomic E-state index is 13.7. The molecule has 1 atom stereocenters. The molecule has 0 spiro atoms. The summed E-state index contributed by atoms with van der Waals surface area (Å²) in [6, 6.07) is 7.15. The Morgan fingerprint density at radius 3 is 2.50 bits per heavy atom. The molecule has 0 fully saturated rings. The highest BCUT2D eigenvalue weighted by molar-refractivity contribution is 5.21. The van der Waals surface area contributed by atoms with Crippen molar-refractivity contribution >= 4 is 0 Å². The van der Waals surface area contributed by atoms with Crippen LogP contribution in [0.5, 0.6) is 0 Å². The van der Waals surface area contributed by atoms with E-state index in [9.17, 15) is 4.39 Å². The van der Waals surface area contributed by atoms with E-state index in [0.29, 0.717) is 11.8 Å². The molecule has 0 saturated carbocycles. The molecule has 0 bridgehead atoms. The maximum atomic E-state index is 13.7. The Bertz CT molecular complexity index is 309. The van der Waals surface area contributed by atoms with E-state index in [1.54, 1.807) is 12.1 Å². The molecule has 1 N–H and O–H groups in total. The summed E-state index contributed by atoms with van der Waals surface area (Å²) in [5.41, 5.74) is 0.867. The van der Waals surface area contributed by atoms with E-state index in [1.165, 1.54) is 0 Å². The Morgan fingerprint density at radius 2 is 1.94 bits per heavy atom. The monoisotopic (exact) mass is 223 g/mol. The van der Waals surface area contributed by atoms with Gasteiger partial charge in [-0.3, -0.25) is 0 Å². The number of hydrogen-bond donors (Lipinski definition) is 1. The summed E-state index contributed by atoms with van der Waals surface area (Å²) in [4.78, 5) is 0. The summed E-state index contributed by atoms with van der Waals surface area (Å²) < 4.78 is 13.7. The lowest BCUT2D eigenvalue weighted by atomic mass is 9.87. The Morgan fingerprint density at radius 1 is 1.25 bits per heavy atom. The molecule has 1 aromatic carbocycles. The minimum absolute atomic E-state index is 0.0655. The standard InChI is InChI=1S/C14H22FN/c1-11(2)10-12(8-9-16-3)13-6-4-5-7-14(13)15/h4-7,11-12,16H,8-10H2,1-3H3. The Balaban J connectivity index is 2.78. The van der Waals surface area contributed by atoms with Crippen molar-refractivity contribution in [1.82, 2.24) is 5.32 Å². The summed E-state index contributed by atoms with van der Waals surface area (Å²) in [6.07, 6.45) is 2.04. The summed E-state index contributed by atoms with van der Waals surface area (Å²) in [7, 11) is 1.94. The number of rotatable bonds is 6. The van der Waals surface area contributed by atoms with Crippen LogP contribution in [0.1, 0.15) is 38.2 Å². The molecule has 0 heterocycles. The first-order chi connectivity index (χ1) is 7.65.